The minimum Gasteiger partial charge on any atom is -0.444 e. The van der Waals surface area contributed by atoms with Crippen molar-refractivity contribution in [1.82, 2.24) is 4.90 Å². The van der Waals surface area contributed by atoms with Gasteiger partial charge in [0.15, 0.2) is 0 Å². The fraction of sp³-hybridized carbons (Fsp3) is 0.588. The summed E-state index contributed by atoms with van der Waals surface area (Å²) in [6.45, 7) is 7.86. The average Bonchev–Trinajstić information content (AvgIpc) is 2.48. The molecule has 1 amide bonds. The highest BCUT2D eigenvalue weighted by Crippen LogP contribution is 2.27. The number of nitrogens with zero attached hydrogens (tertiary/aromatic N) is 2. The van der Waals surface area contributed by atoms with E-state index in [-0.39, 0.29) is 12.2 Å². The molecular weight excluding hydrogens is 396 g/mol. The van der Waals surface area contributed by atoms with Gasteiger partial charge in [-0.2, -0.15) is 0 Å². The summed E-state index contributed by atoms with van der Waals surface area (Å²) >= 11 is 9.54. The lowest BCUT2D eigenvalue weighted by atomic mass is 10.2. The predicted octanol–water partition coefficient (Wildman–Crippen LogP) is 4.17. The molecule has 0 spiro atoms. The molecule has 1 saturated heterocycles. The number of benzene rings is 1. The van der Waals surface area contributed by atoms with Gasteiger partial charge in [-0.05, 0) is 54.9 Å². The first-order valence-corrected chi connectivity index (χ1v) is 9.08. The minimum absolute atomic E-state index is 0.0707. The summed E-state index contributed by atoms with van der Waals surface area (Å²) in [5.41, 5.74) is 0.511. The van der Waals surface area contributed by atoms with Crippen molar-refractivity contribution in [3.63, 3.8) is 0 Å². The summed E-state index contributed by atoms with van der Waals surface area (Å²) < 4.78 is 12.1. The second-order valence-corrected chi connectivity index (χ2v) is 8.16. The van der Waals surface area contributed by atoms with Gasteiger partial charge in [-0.15, -0.1) is 0 Å². The lowest BCUT2D eigenvalue weighted by Gasteiger charge is -2.36. The Labute approximate surface area is 157 Å². The highest BCUT2D eigenvalue weighted by Gasteiger charge is 2.28. The number of likely N-dealkylation sites (N-methyl/N-ethyl adjacent to an activating group) is 1. The minimum atomic E-state index is -0.490. The zero-order valence-corrected chi connectivity index (χ0v) is 16.9. The number of amides is 1. The van der Waals surface area contributed by atoms with Gasteiger partial charge in [0.05, 0.1) is 24.3 Å². The van der Waals surface area contributed by atoms with E-state index in [1.54, 1.807) is 4.90 Å². The Hall–Kier alpha value is -0.980. The number of hydrogen-bond acceptors (Lipinski definition) is 4. The highest BCUT2D eigenvalue weighted by molar-refractivity contribution is 9.10. The van der Waals surface area contributed by atoms with Gasteiger partial charge in [-0.1, -0.05) is 11.6 Å². The van der Waals surface area contributed by atoms with Crippen molar-refractivity contribution >= 4 is 39.3 Å². The van der Waals surface area contributed by atoms with Crippen LogP contribution in [0.2, 0.25) is 5.02 Å². The molecule has 1 heterocycles. The average molecular weight is 420 g/mol. The number of rotatable bonds is 3. The summed E-state index contributed by atoms with van der Waals surface area (Å²) in [6, 6.07) is 5.81. The molecule has 0 aliphatic carbocycles. The first-order chi connectivity index (χ1) is 11.2. The predicted molar refractivity (Wildman–Crippen MR) is 100.0 cm³/mol. The normalized spacial score (nSPS) is 18.4. The van der Waals surface area contributed by atoms with Crippen LogP contribution in [0.1, 0.15) is 20.8 Å². The molecule has 7 heteroatoms. The molecule has 1 aliphatic rings. The van der Waals surface area contributed by atoms with Crippen LogP contribution in [0.4, 0.5) is 10.5 Å². The zero-order chi connectivity index (χ0) is 17.9. The maximum absolute atomic E-state index is 12.2. The molecule has 1 atom stereocenters. The standard InChI is InChI=1S/C17H24BrClN2O3/c1-17(2,3)24-16(22)21-7-8-23-13(11-21)10-20(4)12-5-6-14(18)15(19)9-12/h5-6,9,13H,7-8,10-11H2,1-4H3. The second-order valence-electron chi connectivity index (χ2n) is 6.90. The van der Waals surface area contributed by atoms with Crippen molar-refractivity contribution in [1.29, 1.82) is 0 Å². The molecule has 24 heavy (non-hydrogen) atoms. The number of ether oxygens (including phenoxy) is 2. The summed E-state index contributed by atoms with van der Waals surface area (Å²) in [7, 11) is 1.98. The van der Waals surface area contributed by atoms with Crippen LogP contribution in [0.25, 0.3) is 0 Å². The molecule has 0 radical (unpaired) electrons. The molecular formula is C17H24BrClN2O3. The molecule has 1 aliphatic heterocycles. The van der Waals surface area contributed by atoms with Crippen LogP contribution >= 0.6 is 27.5 Å². The molecule has 1 unspecified atom stereocenters. The Morgan fingerprint density at radius 3 is 2.83 bits per heavy atom. The monoisotopic (exact) mass is 418 g/mol. The van der Waals surface area contributed by atoms with E-state index in [1.807, 2.05) is 46.0 Å². The van der Waals surface area contributed by atoms with Crippen molar-refractivity contribution in [3.8, 4) is 0 Å². The van der Waals surface area contributed by atoms with E-state index < -0.39 is 5.60 Å². The van der Waals surface area contributed by atoms with Crippen molar-refractivity contribution in [2.24, 2.45) is 0 Å². The SMILES string of the molecule is CN(CC1CN(C(=O)OC(C)(C)C)CCO1)c1ccc(Br)c(Cl)c1. The van der Waals surface area contributed by atoms with Crippen LogP contribution in [-0.2, 0) is 9.47 Å². The van der Waals surface area contributed by atoms with Gasteiger partial charge in [0.2, 0.25) is 0 Å². The largest absolute Gasteiger partial charge is 0.444 e. The Morgan fingerprint density at radius 2 is 2.21 bits per heavy atom. The number of hydrogen-bond donors (Lipinski definition) is 0. The van der Waals surface area contributed by atoms with Crippen LogP contribution < -0.4 is 4.90 Å². The second kappa shape index (κ2) is 7.93. The first-order valence-electron chi connectivity index (χ1n) is 7.91. The molecule has 1 fully saturated rings. The van der Waals surface area contributed by atoms with Gasteiger partial charge in [-0.3, -0.25) is 0 Å². The van der Waals surface area contributed by atoms with Gasteiger partial charge in [0.1, 0.15) is 5.60 Å². The molecule has 0 bridgehead atoms. The van der Waals surface area contributed by atoms with E-state index in [9.17, 15) is 4.79 Å². The summed E-state index contributed by atoms with van der Waals surface area (Å²) in [4.78, 5) is 16.0. The Morgan fingerprint density at radius 1 is 1.50 bits per heavy atom. The lowest BCUT2D eigenvalue weighted by Crippen LogP contribution is -2.50. The van der Waals surface area contributed by atoms with E-state index >= 15 is 0 Å². The van der Waals surface area contributed by atoms with Crippen molar-refractivity contribution < 1.29 is 14.3 Å². The molecule has 2 rings (SSSR count). The van der Waals surface area contributed by atoms with Crippen molar-refractivity contribution in [2.75, 3.05) is 38.2 Å². The number of anilines is 1. The van der Waals surface area contributed by atoms with Crippen LogP contribution in [0, 0.1) is 0 Å². The third-order valence-electron chi connectivity index (χ3n) is 3.61. The van der Waals surface area contributed by atoms with Crippen LogP contribution in [0.5, 0.6) is 0 Å². The Balaban J connectivity index is 1.94. The molecule has 0 N–H and O–H groups in total. The number of morpholine rings is 1. The highest BCUT2D eigenvalue weighted by atomic mass is 79.9. The summed E-state index contributed by atoms with van der Waals surface area (Å²) in [6.07, 6.45) is -0.358. The number of halogens is 2. The van der Waals surface area contributed by atoms with Crippen molar-refractivity contribution in [2.45, 2.75) is 32.5 Å². The van der Waals surface area contributed by atoms with Crippen LogP contribution in [-0.4, -0.2) is 56.0 Å². The van der Waals surface area contributed by atoms with Gasteiger partial charge in [0, 0.05) is 30.3 Å². The molecule has 1 aromatic rings. The fourth-order valence-corrected chi connectivity index (χ4v) is 2.88. The molecule has 0 saturated carbocycles. The number of carbonyl (C=O) groups is 1. The third kappa shape index (κ3) is 5.53. The summed E-state index contributed by atoms with van der Waals surface area (Å²) in [5.74, 6) is 0. The quantitative estimate of drug-likeness (QED) is 0.737. The Bertz CT molecular complexity index is 592. The fourth-order valence-electron chi connectivity index (χ4n) is 2.46. The van der Waals surface area contributed by atoms with Crippen LogP contribution in [0.3, 0.4) is 0 Å². The molecule has 0 aromatic heterocycles. The van der Waals surface area contributed by atoms with E-state index in [4.69, 9.17) is 21.1 Å². The number of carbonyl (C=O) groups excluding carboxylic acids is 1. The van der Waals surface area contributed by atoms with Gasteiger partial charge in [0.25, 0.3) is 0 Å². The van der Waals surface area contributed by atoms with Crippen molar-refractivity contribution in [3.05, 3.63) is 27.7 Å². The molecule has 1 aromatic carbocycles. The van der Waals surface area contributed by atoms with E-state index in [0.717, 1.165) is 10.2 Å². The third-order valence-corrected chi connectivity index (χ3v) is 4.84. The van der Waals surface area contributed by atoms with E-state index in [0.29, 0.717) is 31.3 Å². The van der Waals surface area contributed by atoms with Gasteiger partial charge < -0.3 is 19.3 Å². The van der Waals surface area contributed by atoms with Crippen LogP contribution in [0.15, 0.2) is 22.7 Å². The molecule has 5 nitrogen and oxygen atoms in total. The van der Waals surface area contributed by atoms with Gasteiger partial charge >= 0.3 is 6.09 Å². The maximum atomic E-state index is 12.2. The zero-order valence-electron chi connectivity index (χ0n) is 14.5. The topological polar surface area (TPSA) is 42.0 Å². The maximum Gasteiger partial charge on any atom is 0.410 e. The smallest absolute Gasteiger partial charge is 0.410 e. The van der Waals surface area contributed by atoms with E-state index in [1.165, 1.54) is 0 Å². The summed E-state index contributed by atoms with van der Waals surface area (Å²) in [5, 5.41) is 0.666. The van der Waals surface area contributed by atoms with Gasteiger partial charge in [-0.25, -0.2) is 4.79 Å². The lowest BCUT2D eigenvalue weighted by molar-refractivity contribution is -0.0387. The van der Waals surface area contributed by atoms with E-state index in [2.05, 4.69) is 20.8 Å². The Kier molecular flexibility index (Phi) is 6.39. The first kappa shape index (κ1) is 19.3. The molecule has 134 valence electrons.